The Morgan fingerprint density at radius 2 is 1.56 bits per heavy atom. The number of amides is 3. The van der Waals surface area contributed by atoms with Gasteiger partial charge in [-0.25, -0.2) is 9.18 Å². The second-order valence-electron chi connectivity index (χ2n) is 16.0. The summed E-state index contributed by atoms with van der Waals surface area (Å²) < 4.78 is 20.2. The van der Waals surface area contributed by atoms with Crippen LogP contribution in [-0.4, -0.2) is 52.3 Å². The fourth-order valence-corrected chi connectivity index (χ4v) is 8.03. The fourth-order valence-electron chi connectivity index (χ4n) is 7.78. The highest BCUT2D eigenvalue weighted by Gasteiger charge is 2.60. The van der Waals surface area contributed by atoms with Crippen LogP contribution in [-0.2, 0) is 27.8 Å². The summed E-state index contributed by atoms with van der Waals surface area (Å²) in [6, 6.07) is 21.7. The van der Waals surface area contributed by atoms with Crippen molar-refractivity contribution >= 4 is 41.0 Å². The maximum Gasteiger partial charge on any atom is 0.326 e. The normalized spacial score (nSPS) is 20.4. The summed E-state index contributed by atoms with van der Waals surface area (Å²) in [5, 5.41) is 4.12. The molecule has 290 valence electrons. The van der Waals surface area contributed by atoms with E-state index in [4.69, 9.17) is 37.9 Å². The molecule has 1 fully saturated rings. The summed E-state index contributed by atoms with van der Waals surface area (Å²) >= 11 is 12.8. The molecule has 3 amide bonds. The lowest BCUT2D eigenvalue weighted by atomic mass is 9.71. The number of piperidine rings is 1. The van der Waals surface area contributed by atoms with Gasteiger partial charge < -0.3 is 15.0 Å². The highest BCUT2D eigenvalue weighted by molar-refractivity contribution is 6.30. The number of halogens is 3. The third-order valence-corrected chi connectivity index (χ3v) is 11.6. The van der Waals surface area contributed by atoms with Gasteiger partial charge in [-0.3, -0.25) is 19.7 Å². The minimum absolute atomic E-state index is 0.0886. The minimum atomic E-state index is -1.06. The number of nitrogens with zero attached hydrogens (tertiary/aromatic N) is 4. The van der Waals surface area contributed by atoms with Gasteiger partial charge in [0.05, 0.1) is 12.2 Å². The molecule has 2 aliphatic heterocycles. The van der Waals surface area contributed by atoms with Crippen molar-refractivity contribution in [2.75, 3.05) is 19.7 Å². The molecule has 2 atom stereocenters. The molecule has 1 aromatic heterocycles. The van der Waals surface area contributed by atoms with E-state index in [0.717, 1.165) is 27.9 Å². The van der Waals surface area contributed by atoms with Gasteiger partial charge >= 0.3 is 6.03 Å². The van der Waals surface area contributed by atoms with Gasteiger partial charge in [0.15, 0.2) is 0 Å². The van der Waals surface area contributed by atoms with Gasteiger partial charge in [0.2, 0.25) is 5.91 Å². The first-order chi connectivity index (χ1) is 26.0. The van der Waals surface area contributed by atoms with Crippen LogP contribution in [0, 0.1) is 18.7 Å². The highest BCUT2D eigenvalue weighted by Crippen LogP contribution is 2.54. The lowest BCUT2D eigenvalue weighted by molar-refractivity contribution is -0.122. The van der Waals surface area contributed by atoms with E-state index in [0.29, 0.717) is 66.2 Å². The second-order valence-corrected chi connectivity index (χ2v) is 16.9. The van der Waals surface area contributed by atoms with Crippen LogP contribution < -0.4 is 10.1 Å². The summed E-state index contributed by atoms with van der Waals surface area (Å²) in [5.41, 5.74) is 2.41. The van der Waals surface area contributed by atoms with E-state index in [2.05, 4.69) is 26.1 Å². The predicted molar refractivity (Wildman–Crippen MR) is 217 cm³/mol. The first-order valence-corrected chi connectivity index (χ1v) is 19.7. The zero-order chi connectivity index (χ0) is 39.7. The Hall–Kier alpha value is -4.47. The summed E-state index contributed by atoms with van der Waals surface area (Å²) in [7, 11) is 0. The summed E-state index contributed by atoms with van der Waals surface area (Å²) in [4.78, 5) is 42.4. The minimum Gasteiger partial charge on any atom is -0.493 e. The maximum atomic E-state index is 15.3. The Labute approximate surface area is 334 Å². The number of likely N-dealkylation sites (tertiary alicyclic amines) is 1. The monoisotopic (exact) mass is 785 g/mol. The van der Waals surface area contributed by atoms with E-state index in [-0.39, 0.29) is 35.6 Å². The van der Waals surface area contributed by atoms with Crippen molar-refractivity contribution in [3.8, 4) is 5.75 Å². The van der Waals surface area contributed by atoms with Crippen LogP contribution in [0.4, 0.5) is 9.18 Å². The van der Waals surface area contributed by atoms with Gasteiger partial charge in [-0.15, -0.1) is 0 Å². The third kappa shape index (κ3) is 8.24. The number of hydrogen-bond donors (Lipinski definition) is 1. The number of amidine groups is 1. The molecule has 8 nitrogen and oxygen atoms in total. The van der Waals surface area contributed by atoms with E-state index >= 15 is 4.79 Å². The SMILES string of the molecule is CCOc1cc(C(C)(C)C)ncc1C1=N[C@@](C)(c2ccc(Cl)cc2)[C@@](C)(c2ccc(Cl)cc2)N1C(=O)N1CCC(CC(=O)NCc2cc(C)cc(F)c2)CC1. The molecule has 4 aromatic rings. The van der Waals surface area contributed by atoms with Crippen molar-refractivity contribution in [3.63, 3.8) is 0 Å². The quantitative estimate of drug-likeness (QED) is 0.183. The number of hydrogen-bond acceptors (Lipinski definition) is 5. The molecular weight excluding hydrogens is 736 g/mol. The highest BCUT2D eigenvalue weighted by atomic mass is 35.5. The van der Waals surface area contributed by atoms with Crippen LogP contribution in [0.5, 0.6) is 5.75 Å². The van der Waals surface area contributed by atoms with Crippen LogP contribution in [0.1, 0.15) is 94.3 Å². The molecule has 1 saturated heterocycles. The van der Waals surface area contributed by atoms with Crippen LogP contribution >= 0.6 is 23.2 Å². The molecule has 3 aromatic carbocycles. The van der Waals surface area contributed by atoms with Crippen LogP contribution in [0.25, 0.3) is 0 Å². The standard InChI is InChI=1S/C44H50Cl2FN5O3/c1-8-55-37-25-38(42(3,4)5)48-27-36(37)40-50-43(6,31-9-13-33(45)14-10-31)44(7,32-11-15-34(46)16-12-32)52(40)41(54)51-19-17-29(18-20-51)24-39(53)49-26-30-21-28(2)22-35(47)23-30/h9-16,21-23,25,27,29H,8,17-20,24,26H2,1-7H3,(H,49,53)/t43-,44+/m0/s1. The van der Waals surface area contributed by atoms with E-state index in [9.17, 15) is 9.18 Å². The first kappa shape index (κ1) is 40.2. The molecule has 0 saturated carbocycles. The molecular formula is C44H50Cl2FN5O3. The van der Waals surface area contributed by atoms with Gasteiger partial charge in [0, 0.05) is 59.5 Å². The van der Waals surface area contributed by atoms with Gasteiger partial charge in [-0.2, -0.15) is 0 Å². The summed E-state index contributed by atoms with van der Waals surface area (Å²) in [5.74, 6) is 0.719. The molecule has 0 unspecified atom stereocenters. The Bertz CT molecular complexity index is 2060. The molecule has 0 bridgehead atoms. The number of ether oxygens (including phenoxy) is 1. The van der Waals surface area contributed by atoms with Gasteiger partial charge in [-0.1, -0.05) is 74.3 Å². The largest absolute Gasteiger partial charge is 0.493 e. The van der Waals surface area contributed by atoms with E-state index in [1.54, 1.807) is 6.20 Å². The van der Waals surface area contributed by atoms with Gasteiger partial charge in [0.25, 0.3) is 0 Å². The van der Waals surface area contributed by atoms with Crippen LogP contribution in [0.15, 0.2) is 84.0 Å². The Morgan fingerprint density at radius 1 is 0.945 bits per heavy atom. The first-order valence-electron chi connectivity index (χ1n) is 18.9. The van der Waals surface area contributed by atoms with Crippen LogP contribution in [0.2, 0.25) is 10.0 Å². The number of pyridine rings is 1. The third-order valence-electron chi connectivity index (χ3n) is 11.1. The smallest absolute Gasteiger partial charge is 0.326 e. The van der Waals surface area contributed by atoms with Gasteiger partial charge in [-0.05, 0) is 105 Å². The lowest BCUT2D eigenvalue weighted by Crippen LogP contribution is -2.59. The molecule has 6 rings (SSSR count). The number of carbonyl (C=O) groups is 2. The topological polar surface area (TPSA) is 87.1 Å². The molecule has 0 spiro atoms. The number of rotatable bonds is 9. The molecule has 3 heterocycles. The van der Waals surface area contributed by atoms with Crippen molar-refractivity contribution in [3.05, 3.63) is 128 Å². The number of aliphatic imine (C=N–C) groups is 1. The summed E-state index contributed by atoms with van der Waals surface area (Å²) in [6.07, 6.45) is 3.40. The van der Waals surface area contributed by atoms with Crippen molar-refractivity contribution in [1.82, 2.24) is 20.1 Å². The predicted octanol–water partition coefficient (Wildman–Crippen LogP) is 9.96. The molecule has 2 aliphatic rings. The summed E-state index contributed by atoms with van der Waals surface area (Å²) in [6.45, 7) is 15.7. The Kier molecular flexibility index (Phi) is 11.7. The lowest BCUT2D eigenvalue weighted by Gasteiger charge is -2.47. The van der Waals surface area contributed by atoms with Crippen molar-refractivity contribution in [2.45, 2.75) is 90.8 Å². The number of aryl methyl sites for hydroxylation is 1. The van der Waals surface area contributed by atoms with E-state index in [1.807, 2.05) is 98.2 Å². The van der Waals surface area contributed by atoms with E-state index in [1.165, 1.54) is 12.1 Å². The Morgan fingerprint density at radius 3 is 2.15 bits per heavy atom. The number of aromatic nitrogens is 1. The number of nitrogens with one attached hydrogen (secondary N) is 1. The second kappa shape index (κ2) is 15.9. The van der Waals surface area contributed by atoms with Gasteiger partial charge in [0.1, 0.15) is 28.5 Å². The molecule has 11 heteroatoms. The van der Waals surface area contributed by atoms with Crippen molar-refractivity contribution in [1.29, 1.82) is 0 Å². The maximum absolute atomic E-state index is 15.3. The molecule has 55 heavy (non-hydrogen) atoms. The molecule has 0 aliphatic carbocycles. The molecule has 0 radical (unpaired) electrons. The van der Waals surface area contributed by atoms with Crippen LogP contribution in [0.3, 0.4) is 0 Å². The zero-order valence-electron chi connectivity index (χ0n) is 32.7. The van der Waals surface area contributed by atoms with E-state index < -0.39 is 11.1 Å². The molecule has 1 N–H and O–H groups in total. The number of carbonyl (C=O) groups excluding carboxylic acids is 2. The average molecular weight is 787 g/mol. The average Bonchev–Trinajstić information content (AvgIpc) is 3.38. The fraction of sp³-hybridized carbons (Fsp3) is 0.409. The zero-order valence-corrected chi connectivity index (χ0v) is 34.2. The van der Waals surface area contributed by atoms with Crippen molar-refractivity contribution < 1.29 is 18.7 Å². The number of benzene rings is 3. The Balaban J connectivity index is 1.36. The number of urea groups is 1. The van der Waals surface area contributed by atoms with Crippen molar-refractivity contribution in [2.24, 2.45) is 10.9 Å².